The first-order chi connectivity index (χ1) is 8.61. The molecule has 1 rings (SSSR count). The van der Waals surface area contributed by atoms with E-state index >= 15 is 0 Å². The van der Waals surface area contributed by atoms with Crippen LogP contribution in [-0.2, 0) is 9.59 Å². The molecule has 0 aromatic rings. The maximum absolute atomic E-state index is 11.6. The van der Waals surface area contributed by atoms with Gasteiger partial charge in [0, 0.05) is 25.6 Å². The quantitative estimate of drug-likeness (QED) is 0.655. The molecule has 0 aromatic carbocycles. The van der Waals surface area contributed by atoms with Gasteiger partial charge >= 0.3 is 0 Å². The summed E-state index contributed by atoms with van der Waals surface area (Å²) in [6.45, 7) is 4.13. The van der Waals surface area contributed by atoms with Gasteiger partial charge in [0.2, 0.25) is 11.8 Å². The fourth-order valence-corrected chi connectivity index (χ4v) is 2.29. The molecule has 1 fully saturated rings. The van der Waals surface area contributed by atoms with E-state index in [0.717, 1.165) is 45.2 Å². The van der Waals surface area contributed by atoms with Gasteiger partial charge in [-0.05, 0) is 19.3 Å². The number of hydrogen-bond acceptors (Lipinski definition) is 3. The fraction of sp³-hybridized carbons (Fsp3) is 0.846. The Kier molecular flexibility index (Phi) is 6.72. The number of rotatable bonds is 7. The molecule has 5 heteroatoms. The molecule has 2 amide bonds. The number of piperidine rings is 1. The van der Waals surface area contributed by atoms with Crippen molar-refractivity contribution in [1.29, 1.82) is 0 Å². The molecule has 0 saturated carbocycles. The molecule has 5 nitrogen and oxygen atoms in total. The second kappa shape index (κ2) is 8.08. The first-order valence-corrected chi connectivity index (χ1v) is 6.91. The molecule has 0 atom stereocenters. The van der Waals surface area contributed by atoms with Crippen LogP contribution in [0, 0.1) is 0 Å². The molecule has 1 aliphatic rings. The Balaban J connectivity index is 2.14. The van der Waals surface area contributed by atoms with E-state index in [-0.39, 0.29) is 17.9 Å². The Morgan fingerprint density at radius 1 is 1.28 bits per heavy atom. The molecule has 0 radical (unpaired) electrons. The zero-order chi connectivity index (χ0) is 13.4. The molecule has 0 aliphatic carbocycles. The number of hydrogen-bond donors (Lipinski definition) is 2. The van der Waals surface area contributed by atoms with Gasteiger partial charge in [-0.2, -0.15) is 0 Å². The lowest BCUT2D eigenvalue weighted by Gasteiger charge is -2.31. The second-order valence-electron chi connectivity index (χ2n) is 5.04. The van der Waals surface area contributed by atoms with Crippen LogP contribution in [0.2, 0.25) is 0 Å². The van der Waals surface area contributed by atoms with E-state index < -0.39 is 0 Å². The van der Waals surface area contributed by atoms with E-state index in [2.05, 4.69) is 12.2 Å². The number of primary amides is 1. The third-order valence-electron chi connectivity index (χ3n) is 3.34. The molecule has 104 valence electrons. The average molecular weight is 255 g/mol. The molecule has 3 N–H and O–H groups in total. The van der Waals surface area contributed by atoms with Gasteiger partial charge in [0.05, 0.1) is 6.54 Å². The van der Waals surface area contributed by atoms with E-state index in [0.29, 0.717) is 13.0 Å². The van der Waals surface area contributed by atoms with Gasteiger partial charge in [-0.1, -0.05) is 19.8 Å². The van der Waals surface area contributed by atoms with E-state index in [9.17, 15) is 9.59 Å². The van der Waals surface area contributed by atoms with Crippen molar-refractivity contribution in [3.05, 3.63) is 0 Å². The maximum atomic E-state index is 11.6. The summed E-state index contributed by atoms with van der Waals surface area (Å²) >= 11 is 0. The molecule has 18 heavy (non-hydrogen) atoms. The molecule has 1 saturated heterocycles. The standard InChI is InChI=1S/C13H25N3O2/c1-2-3-4-5-13(18)15-11-6-8-16(9-7-11)10-12(14)17/h11H,2-10H2,1H3,(H2,14,17)(H,15,18). The molecule has 0 aromatic heterocycles. The minimum Gasteiger partial charge on any atom is -0.369 e. The van der Waals surface area contributed by atoms with Gasteiger partial charge < -0.3 is 11.1 Å². The van der Waals surface area contributed by atoms with Crippen molar-refractivity contribution in [2.45, 2.75) is 51.5 Å². The summed E-state index contributed by atoms with van der Waals surface area (Å²) in [5, 5.41) is 3.07. The zero-order valence-electron chi connectivity index (χ0n) is 11.3. The number of likely N-dealkylation sites (tertiary alicyclic amines) is 1. The topological polar surface area (TPSA) is 75.4 Å². The van der Waals surface area contributed by atoms with Crippen molar-refractivity contribution in [2.75, 3.05) is 19.6 Å². The fourth-order valence-electron chi connectivity index (χ4n) is 2.29. The van der Waals surface area contributed by atoms with Crippen molar-refractivity contribution < 1.29 is 9.59 Å². The third kappa shape index (κ3) is 6.00. The van der Waals surface area contributed by atoms with Crippen LogP contribution in [0.4, 0.5) is 0 Å². The zero-order valence-corrected chi connectivity index (χ0v) is 11.3. The average Bonchev–Trinajstić information content (AvgIpc) is 2.31. The monoisotopic (exact) mass is 255 g/mol. The van der Waals surface area contributed by atoms with E-state index in [4.69, 9.17) is 5.73 Å². The Morgan fingerprint density at radius 3 is 2.50 bits per heavy atom. The van der Waals surface area contributed by atoms with Crippen LogP contribution in [0.1, 0.15) is 45.4 Å². The number of carbonyl (C=O) groups excluding carboxylic acids is 2. The van der Waals surface area contributed by atoms with E-state index in [1.165, 1.54) is 0 Å². The summed E-state index contributed by atoms with van der Waals surface area (Å²) in [7, 11) is 0. The number of nitrogens with zero attached hydrogens (tertiary/aromatic N) is 1. The van der Waals surface area contributed by atoms with Gasteiger partial charge in [0.25, 0.3) is 0 Å². The van der Waals surface area contributed by atoms with Crippen molar-refractivity contribution in [2.24, 2.45) is 5.73 Å². The Labute approximate surface area is 109 Å². The molecule has 0 spiro atoms. The lowest BCUT2D eigenvalue weighted by atomic mass is 10.0. The lowest BCUT2D eigenvalue weighted by molar-refractivity contribution is -0.123. The third-order valence-corrected chi connectivity index (χ3v) is 3.34. The summed E-state index contributed by atoms with van der Waals surface area (Å²) in [4.78, 5) is 24.5. The summed E-state index contributed by atoms with van der Waals surface area (Å²) in [5.41, 5.74) is 5.16. The summed E-state index contributed by atoms with van der Waals surface area (Å²) in [5.74, 6) is -0.117. The van der Waals surface area contributed by atoms with E-state index in [1.54, 1.807) is 0 Å². The highest BCUT2D eigenvalue weighted by atomic mass is 16.2. The van der Waals surface area contributed by atoms with Crippen LogP contribution >= 0.6 is 0 Å². The minimum absolute atomic E-state index is 0.164. The Hall–Kier alpha value is -1.10. The highest BCUT2D eigenvalue weighted by Crippen LogP contribution is 2.10. The predicted molar refractivity (Wildman–Crippen MR) is 70.9 cm³/mol. The molecule has 1 heterocycles. The molecule has 0 unspecified atom stereocenters. The van der Waals surface area contributed by atoms with Crippen LogP contribution in [0.3, 0.4) is 0 Å². The van der Waals surface area contributed by atoms with Gasteiger partial charge in [-0.25, -0.2) is 0 Å². The largest absolute Gasteiger partial charge is 0.369 e. The minimum atomic E-state index is -0.281. The molecule has 1 aliphatic heterocycles. The van der Waals surface area contributed by atoms with Crippen LogP contribution < -0.4 is 11.1 Å². The highest BCUT2D eigenvalue weighted by Gasteiger charge is 2.21. The first kappa shape index (κ1) is 15.0. The lowest BCUT2D eigenvalue weighted by Crippen LogP contribution is -2.46. The van der Waals surface area contributed by atoms with E-state index in [1.807, 2.05) is 4.90 Å². The maximum Gasteiger partial charge on any atom is 0.231 e. The summed E-state index contributed by atoms with van der Waals surface area (Å²) in [6.07, 6.45) is 5.68. The first-order valence-electron chi connectivity index (χ1n) is 6.91. The number of carbonyl (C=O) groups is 2. The predicted octanol–water partition coefficient (Wildman–Crippen LogP) is 0.633. The summed E-state index contributed by atoms with van der Waals surface area (Å²) < 4.78 is 0. The van der Waals surface area contributed by atoms with Crippen LogP contribution in [0.15, 0.2) is 0 Å². The molecular formula is C13H25N3O2. The molecule has 0 bridgehead atoms. The van der Waals surface area contributed by atoms with Crippen LogP contribution in [0.25, 0.3) is 0 Å². The SMILES string of the molecule is CCCCCC(=O)NC1CCN(CC(N)=O)CC1. The number of nitrogens with two attached hydrogens (primary N) is 1. The molecular weight excluding hydrogens is 230 g/mol. The van der Waals surface area contributed by atoms with Crippen LogP contribution in [0.5, 0.6) is 0 Å². The Morgan fingerprint density at radius 2 is 1.94 bits per heavy atom. The Bertz CT molecular complexity index is 273. The van der Waals surface area contributed by atoms with Crippen LogP contribution in [-0.4, -0.2) is 42.4 Å². The number of unbranched alkanes of at least 4 members (excludes halogenated alkanes) is 2. The van der Waals surface area contributed by atoms with Gasteiger partial charge in [0.1, 0.15) is 0 Å². The number of amides is 2. The van der Waals surface area contributed by atoms with Gasteiger partial charge in [-0.15, -0.1) is 0 Å². The van der Waals surface area contributed by atoms with Gasteiger partial charge in [-0.3, -0.25) is 14.5 Å². The van der Waals surface area contributed by atoms with Crippen molar-refractivity contribution in [3.8, 4) is 0 Å². The smallest absolute Gasteiger partial charge is 0.231 e. The highest BCUT2D eigenvalue weighted by molar-refractivity contribution is 5.76. The normalized spacial score (nSPS) is 17.6. The second-order valence-corrected chi connectivity index (χ2v) is 5.04. The van der Waals surface area contributed by atoms with Crippen molar-refractivity contribution >= 4 is 11.8 Å². The van der Waals surface area contributed by atoms with Crippen molar-refractivity contribution in [1.82, 2.24) is 10.2 Å². The summed E-state index contributed by atoms with van der Waals surface area (Å²) in [6, 6.07) is 0.267. The van der Waals surface area contributed by atoms with Gasteiger partial charge in [0.15, 0.2) is 0 Å². The van der Waals surface area contributed by atoms with Crippen molar-refractivity contribution in [3.63, 3.8) is 0 Å². The number of nitrogens with one attached hydrogen (secondary N) is 1.